The lowest BCUT2D eigenvalue weighted by atomic mass is 9.96. The average molecular weight is 354 g/mol. The Morgan fingerprint density at radius 2 is 2.00 bits per heavy atom. The van der Waals surface area contributed by atoms with Gasteiger partial charge in [0, 0.05) is 32.0 Å². The zero-order valence-electron chi connectivity index (χ0n) is 15.2. The molecule has 0 unspecified atom stereocenters. The molecule has 0 radical (unpaired) electrons. The summed E-state index contributed by atoms with van der Waals surface area (Å²) >= 11 is 0. The van der Waals surface area contributed by atoms with Crippen LogP contribution in [0.3, 0.4) is 0 Å². The van der Waals surface area contributed by atoms with Crippen molar-refractivity contribution in [2.45, 2.75) is 26.2 Å². The smallest absolute Gasteiger partial charge is 0.224 e. The zero-order valence-corrected chi connectivity index (χ0v) is 15.2. The Balaban J connectivity index is 1.38. The van der Waals surface area contributed by atoms with Crippen LogP contribution in [0.15, 0.2) is 42.9 Å². The van der Waals surface area contributed by atoms with Gasteiger partial charge < -0.3 is 15.0 Å². The van der Waals surface area contributed by atoms with Crippen molar-refractivity contribution in [2.24, 2.45) is 5.92 Å². The molecule has 1 N–H and O–H groups in total. The fourth-order valence-electron chi connectivity index (χ4n) is 3.20. The van der Waals surface area contributed by atoms with Gasteiger partial charge in [0.2, 0.25) is 5.91 Å². The number of carbonyl (C=O) groups is 1. The number of piperidine rings is 1. The maximum absolute atomic E-state index is 12.2. The molecular weight excluding hydrogens is 328 g/mol. The Hall–Kier alpha value is -2.63. The van der Waals surface area contributed by atoms with Crippen LogP contribution >= 0.6 is 0 Å². The van der Waals surface area contributed by atoms with Gasteiger partial charge in [-0.3, -0.25) is 9.78 Å². The standard InChI is InChI=1S/C20H26N4O2/c1-2-26-18-5-3-16(4-6-18)13-20(25)23-14-17-7-11-24(12-8-17)19-15-21-9-10-22-19/h3-6,9-10,15,17H,2,7-8,11-14H2,1H3,(H,23,25). The first kappa shape index (κ1) is 18.2. The molecule has 0 saturated carbocycles. The normalized spacial score (nSPS) is 14.9. The Kier molecular flexibility index (Phi) is 6.41. The van der Waals surface area contributed by atoms with Crippen molar-refractivity contribution in [1.29, 1.82) is 0 Å². The summed E-state index contributed by atoms with van der Waals surface area (Å²) in [5, 5.41) is 3.08. The molecule has 2 aromatic rings. The fraction of sp³-hybridized carbons (Fsp3) is 0.450. The lowest BCUT2D eigenvalue weighted by molar-refractivity contribution is -0.120. The van der Waals surface area contributed by atoms with Crippen molar-refractivity contribution >= 4 is 11.7 Å². The van der Waals surface area contributed by atoms with E-state index in [0.717, 1.165) is 49.6 Å². The van der Waals surface area contributed by atoms with Crippen molar-refractivity contribution in [2.75, 3.05) is 31.1 Å². The SMILES string of the molecule is CCOc1ccc(CC(=O)NCC2CCN(c3cnccn3)CC2)cc1. The van der Waals surface area contributed by atoms with E-state index in [1.807, 2.05) is 31.2 Å². The minimum Gasteiger partial charge on any atom is -0.494 e. The van der Waals surface area contributed by atoms with E-state index in [4.69, 9.17) is 4.74 Å². The van der Waals surface area contributed by atoms with Crippen molar-refractivity contribution in [3.05, 3.63) is 48.4 Å². The number of carbonyl (C=O) groups excluding carboxylic acids is 1. The van der Waals surface area contributed by atoms with Gasteiger partial charge in [-0.2, -0.15) is 0 Å². The first-order valence-corrected chi connectivity index (χ1v) is 9.24. The van der Waals surface area contributed by atoms with Crippen LogP contribution in [0, 0.1) is 5.92 Å². The molecule has 1 aliphatic rings. The van der Waals surface area contributed by atoms with E-state index in [-0.39, 0.29) is 5.91 Å². The highest BCUT2D eigenvalue weighted by molar-refractivity contribution is 5.78. The predicted octanol–water partition coefficient (Wildman–Crippen LogP) is 2.45. The van der Waals surface area contributed by atoms with Gasteiger partial charge in [-0.05, 0) is 43.4 Å². The van der Waals surface area contributed by atoms with E-state index in [0.29, 0.717) is 18.9 Å². The van der Waals surface area contributed by atoms with Crippen LogP contribution in [-0.2, 0) is 11.2 Å². The maximum atomic E-state index is 12.2. The quantitative estimate of drug-likeness (QED) is 0.827. The molecule has 1 fully saturated rings. The number of ether oxygens (including phenoxy) is 1. The summed E-state index contributed by atoms with van der Waals surface area (Å²) in [4.78, 5) is 22.9. The summed E-state index contributed by atoms with van der Waals surface area (Å²) in [6, 6.07) is 7.72. The number of rotatable bonds is 7. The second-order valence-electron chi connectivity index (χ2n) is 6.55. The number of benzene rings is 1. The summed E-state index contributed by atoms with van der Waals surface area (Å²) in [7, 11) is 0. The molecule has 1 saturated heterocycles. The maximum Gasteiger partial charge on any atom is 0.224 e. The predicted molar refractivity (Wildman–Crippen MR) is 101 cm³/mol. The van der Waals surface area contributed by atoms with Crippen LogP contribution in [0.25, 0.3) is 0 Å². The molecular formula is C20H26N4O2. The number of amides is 1. The molecule has 0 atom stereocenters. The first-order valence-electron chi connectivity index (χ1n) is 9.24. The van der Waals surface area contributed by atoms with E-state index in [2.05, 4.69) is 20.2 Å². The fourth-order valence-corrected chi connectivity index (χ4v) is 3.20. The van der Waals surface area contributed by atoms with Crippen molar-refractivity contribution in [3.8, 4) is 5.75 Å². The van der Waals surface area contributed by atoms with Crippen LogP contribution in [0.5, 0.6) is 5.75 Å². The molecule has 0 bridgehead atoms. The molecule has 1 aliphatic heterocycles. The Labute approximate surface area is 154 Å². The number of hydrogen-bond donors (Lipinski definition) is 1. The largest absolute Gasteiger partial charge is 0.494 e. The highest BCUT2D eigenvalue weighted by Gasteiger charge is 2.20. The summed E-state index contributed by atoms with van der Waals surface area (Å²) in [5.74, 6) is 2.37. The molecule has 0 aliphatic carbocycles. The van der Waals surface area contributed by atoms with Gasteiger partial charge in [0.15, 0.2) is 0 Å². The van der Waals surface area contributed by atoms with Crippen LogP contribution in [0.2, 0.25) is 0 Å². The van der Waals surface area contributed by atoms with Crippen molar-refractivity contribution < 1.29 is 9.53 Å². The summed E-state index contributed by atoms with van der Waals surface area (Å²) in [5.41, 5.74) is 1.00. The average Bonchev–Trinajstić information content (AvgIpc) is 2.69. The Morgan fingerprint density at radius 1 is 1.23 bits per heavy atom. The third-order valence-corrected chi connectivity index (χ3v) is 4.68. The number of aromatic nitrogens is 2. The molecule has 2 heterocycles. The van der Waals surface area contributed by atoms with E-state index < -0.39 is 0 Å². The second-order valence-corrected chi connectivity index (χ2v) is 6.55. The molecule has 26 heavy (non-hydrogen) atoms. The van der Waals surface area contributed by atoms with Gasteiger partial charge in [0.05, 0.1) is 19.2 Å². The number of anilines is 1. The molecule has 1 aromatic carbocycles. The minimum absolute atomic E-state index is 0.0746. The zero-order chi connectivity index (χ0) is 18.2. The Bertz CT molecular complexity index is 683. The molecule has 3 rings (SSSR count). The van der Waals surface area contributed by atoms with E-state index >= 15 is 0 Å². The van der Waals surface area contributed by atoms with Crippen LogP contribution in [0.4, 0.5) is 5.82 Å². The highest BCUT2D eigenvalue weighted by atomic mass is 16.5. The van der Waals surface area contributed by atoms with Crippen LogP contribution in [-0.4, -0.2) is 42.1 Å². The summed E-state index contributed by atoms with van der Waals surface area (Å²) < 4.78 is 5.42. The van der Waals surface area contributed by atoms with Crippen molar-refractivity contribution in [3.63, 3.8) is 0 Å². The highest BCUT2D eigenvalue weighted by Crippen LogP contribution is 2.20. The van der Waals surface area contributed by atoms with Crippen molar-refractivity contribution in [1.82, 2.24) is 15.3 Å². The molecule has 1 aromatic heterocycles. The lowest BCUT2D eigenvalue weighted by Gasteiger charge is -2.32. The van der Waals surface area contributed by atoms with Gasteiger partial charge >= 0.3 is 0 Å². The third kappa shape index (κ3) is 5.18. The summed E-state index contributed by atoms with van der Waals surface area (Å²) in [6.07, 6.45) is 7.74. The van der Waals surface area contributed by atoms with Gasteiger partial charge in [-0.1, -0.05) is 12.1 Å². The number of nitrogens with zero attached hydrogens (tertiary/aromatic N) is 3. The number of nitrogens with one attached hydrogen (secondary N) is 1. The topological polar surface area (TPSA) is 67.3 Å². The van der Waals surface area contributed by atoms with Gasteiger partial charge in [-0.15, -0.1) is 0 Å². The van der Waals surface area contributed by atoms with Gasteiger partial charge in [0.1, 0.15) is 11.6 Å². The molecule has 6 nitrogen and oxygen atoms in total. The minimum atomic E-state index is 0.0746. The third-order valence-electron chi connectivity index (χ3n) is 4.68. The lowest BCUT2D eigenvalue weighted by Crippen LogP contribution is -2.39. The summed E-state index contributed by atoms with van der Waals surface area (Å²) in [6.45, 7) is 5.26. The van der Waals surface area contributed by atoms with E-state index in [9.17, 15) is 4.79 Å². The van der Waals surface area contributed by atoms with Gasteiger partial charge in [-0.25, -0.2) is 4.98 Å². The van der Waals surface area contributed by atoms with E-state index in [1.165, 1.54) is 0 Å². The molecule has 0 spiro atoms. The van der Waals surface area contributed by atoms with Crippen LogP contribution in [0.1, 0.15) is 25.3 Å². The number of hydrogen-bond acceptors (Lipinski definition) is 5. The second kappa shape index (κ2) is 9.17. The van der Waals surface area contributed by atoms with E-state index in [1.54, 1.807) is 18.6 Å². The van der Waals surface area contributed by atoms with Crippen LogP contribution < -0.4 is 15.0 Å². The first-order chi connectivity index (χ1) is 12.7. The Morgan fingerprint density at radius 3 is 2.65 bits per heavy atom. The van der Waals surface area contributed by atoms with Gasteiger partial charge in [0.25, 0.3) is 0 Å². The molecule has 138 valence electrons. The molecule has 1 amide bonds. The monoisotopic (exact) mass is 354 g/mol. The molecule has 6 heteroatoms.